The lowest BCUT2D eigenvalue weighted by atomic mass is 10.2. The summed E-state index contributed by atoms with van der Waals surface area (Å²) in [6, 6.07) is 7.72. The maximum Gasteiger partial charge on any atom is 0.0864 e. The number of fused-ring (bicyclic) bond motifs is 1. The number of nitrogens with one attached hydrogen (secondary N) is 1. The van der Waals surface area contributed by atoms with Crippen LogP contribution in [-0.2, 0) is 0 Å². The normalized spacial score (nSPS) is 14.1. The molecule has 1 aliphatic heterocycles. The fraction of sp³-hybridized carbons (Fsp3) is 0.100. The lowest BCUT2D eigenvalue weighted by molar-refractivity contribution is 0.333. The van der Waals surface area contributed by atoms with E-state index in [1.807, 2.05) is 24.3 Å². The standard InChI is InChI=1S/C10H10N2O/c13-7-8-5-6-11-9-3-1-2-4-10(9)12-8/h1-6,12-13H,7H2. The molecule has 0 saturated carbocycles. The van der Waals surface area contributed by atoms with E-state index >= 15 is 0 Å². The van der Waals surface area contributed by atoms with Crippen LogP contribution in [-0.4, -0.2) is 17.9 Å². The van der Waals surface area contributed by atoms with E-state index < -0.39 is 0 Å². The van der Waals surface area contributed by atoms with Crippen LogP contribution in [0.2, 0.25) is 0 Å². The van der Waals surface area contributed by atoms with Crippen LogP contribution in [0.15, 0.2) is 41.0 Å². The number of aliphatic hydroxyl groups excluding tert-OH is 1. The second kappa shape index (κ2) is 3.41. The number of rotatable bonds is 1. The van der Waals surface area contributed by atoms with Gasteiger partial charge >= 0.3 is 0 Å². The zero-order chi connectivity index (χ0) is 9.10. The Morgan fingerprint density at radius 1 is 1.31 bits per heavy atom. The lowest BCUT2D eigenvalue weighted by Crippen LogP contribution is -2.02. The highest BCUT2D eigenvalue weighted by Crippen LogP contribution is 2.26. The SMILES string of the molecule is OCC1=CC=Nc2ccccc2N1. The number of benzene rings is 1. The van der Waals surface area contributed by atoms with Crippen molar-refractivity contribution in [2.24, 2.45) is 4.99 Å². The van der Waals surface area contributed by atoms with Crippen LogP contribution < -0.4 is 5.32 Å². The summed E-state index contributed by atoms with van der Waals surface area (Å²) in [5.41, 5.74) is 2.58. The summed E-state index contributed by atoms with van der Waals surface area (Å²) in [5.74, 6) is 0. The van der Waals surface area contributed by atoms with Gasteiger partial charge in [0.15, 0.2) is 0 Å². The van der Waals surface area contributed by atoms with Gasteiger partial charge in [-0.3, -0.25) is 4.99 Å². The molecule has 0 radical (unpaired) electrons. The van der Waals surface area contributed by atoms with E-state index in [4.69, 9.17) is 5.11 Å². The molecule has 0 aliphatic carbocycles. The Labute approximate surface area is 76.4 Å². The average Bonchev–Trinajstić information content (AvgIpc) is 2.38. The van der Waals surface area contributed by atoms with Gasteiger partial charge in [-0.1, -0.05) is 12.1 Å². The number of hydrogen-bond acceptors (Lipinski definition) is 3. The fourth-order valence-corrected chi connectivity index (χ4v) is 1.21. The minimum Gasteiger partial charge on any atom is -0.390 e. The van der Waals surface area contributed by atoms with Crippen molar-refractivity contribution in [3.8, 4) is 0 Å². The summed E-state index contributed by atoms with van der Waals surface area (Å²) in [6.45, 7) is 0.000351. The number of aliphatic imine (C=N–C) groups is 1. The Morgan fingerprint density at radius 2 is 2.15 bits per heavy atom. The molecule has 0 atom stereocenters. The van der Waals surface area contributed by atoms with Crippen LogP contribution >= 0.6 is 0 Å². The first-order valence-electron chi connectivity index (χ1n) is 4.10. The second-order valence-corrected chi connectivity index (χ2v) is 2.77. The van der Waals surface area contributed by atoms with Gasteiger partial charge < -0.3 is 10.4 Å². The van der Waals surface area contributed by atoms with Gasteiger partial charge in [0.25, 0.3) is 0 Å². The molecule has 0 amide bonds. The Hall–Kier alpha value is -1.61. The minimum atomic E-state index is 0.000351. The molecule has 0 aromatic heterocycles. The quantitative estimate of drug-likeness (QED) is 0.680. The summed E-state index contributed by atoms with van der Waals surface area (Å²) in [5, 5.41) is 12.0. The van der Waals surface area contributed by atoms with Crippen LogP contribution in [0.1, 0.15) is 0 Å². The van der Waals surface area contributed by atoms with E-state index in [1.54, 1.807) is 12.3 Å². The first-order chi connectivity index (χ1) is 6.40. The minimum absolute atomic E-state index is 0.000351. The summed E-state index contributed by atoms with van der Waals surface area (Å²) < 4.78 is 0. The van der Waals surface area contributed by atoms with Gasteiger partial charge in [0.2, 0.25) is 0 Å². The molecular weight excluding hydrogens is 164 g/mol. The Bertz CT molecular complexity index is 369. The maximum atomic E-state index is 8.95. The maximum absolute atomic E-state index is 8.95. The fourth-order valence-electron chi connectivity index (χ4n) is 1.21. The van der Waals surface area contributed by atoms with Gasteiger partial charge in [0.1, 0.15) is 0 Å². The highest BCUT2D eigenvalue weighted by atomic mass is 16.3. The summed E-state index contributed by atoms with van der Waals surface area (Å²) in [4.78, 5) is 4.21. The molecule has 0 unspecified atom stereocenters. The van der Waals surface area contributed by atoms with E-state index in [2.05, 4.69) is 10.3 Å². The summed E-state index contributed by atoms with van der Waals surface area (Å²) in [6.07, 6.45) is 3.45. The van der Waals surface area contributed by atoms with Crippen molar-refractivity contribution < 1.29 is 5.11 Å². The van der Waals surface area contributed by atoms with E-state index in [0.29, 0.717) is 0 Å². The molecule has 1 aromatic rings. The Morgan fingerprint density at radius 3 is 3.00 bits per heavy atom. The predicted octanol–water partition coefficient (Wildman–Crippen LogP) is 1.69. The third-order valence-electron chi connectivity index (χ3n) is 1.86. The van der Waals surface area contributed by atoms with Gasteiger partial charge in [-0.2, -0.15) is 0 Å². The summed E-state index contributed by atoms with van der Waals surface area (Å²) >= 11 is 0. The third-order valence-corrected chi connectivity index (χ3v) is 1.86. The lowest BCUT2D eigenvalue weighted by Gasteiger charge is -2.07. The van der Waals surface area contributed by atoms with Crippen molar-refractivity contribution in [1.29, 1.82) is 0 Å². The van der Waals surface area contributed by atoms with Crippen LogP contribution in [0.25, 0.3) is 0 Å². The van der Waals surface area contributed by atoms with Crippen LogP contribution in [0.4, 0.5) is 11.4 Å². The largest absolute Gasteiger partial charge is 0.390 e. The van der Waals surface area contributed by atoms with Gasteiger partial charge in [0.05, 0.1) is 18.0 Å². The van der Waals surface area contributed by atoms with Crippen molar-refractivity contribution in [3.05, 3.63) is 36.0 Å². The number of aliphatic hydroxyl groups is 1. The third kappa shape index (κ3) is 1.60. The molecule has 13 heavy (non-hydrogen) atoms. The molecule has 2 rings (SSSR count). The highest BCUT2D eigenvalue weighted by molar-refractivity contribution is 5.83. The average molecular weight is 174 g/mol. The monoisotopic (exact) mass is 174 g/mol. The zero-order valence-corrected chi connectivity index (χ0v) is 7.07. The van der Waals surface area contributed by atoms with Crippen molar-refractivity contribution >= 4 is 17.6 Å². The van der Waals surface area contributed by atoms with E-state index in [0.717, 1.165) is 17.1 Å². The summed E-state index contributed by atoms with van der Waals surface area (Å²) in [7, 11) is 0. The number of hydrogen-bond donors (Lipinski definition) is 2. The van der Waals surface area contributed by atoms with Gasteiger partial charge in [0, 0.05) is 11.9 Å². The molecule has 1 aromatic carbocycles. The predicted molar refractivity (Wildman–Crippen MR) is 53.4 cm³/mol. The second-order valence-electron chi connectivity index (χ2n) is 2.77. The molecule has 0 bridgehead atoms. The van der Waals surface area contributed by atoms with Crippen LogP contribution in [0.5, 0.6) is 0 Å². The molecule has 0 fully saturated rings. The topological polar surface area (TPSA) is 44.6 Å². The first kappa shape index (κ1) is 8.01. The number of anilines is 1. The van der Waals surface area contributed by atoms with Crippen molar-refractivity contribution in [2.75, 3.05) is 11.9 Å². The molecule has 3 nitrogen and oxygen atoms in total. The first-order valence-corrected chi connectivity index (χ1v) is 4.10. The van der Waals surface area contributed by atoms with E-state index in [1.165, 1.54) is 0 Å². The molecule has 0 spiro atoms. The van der Waals surface area contributed by atoms with E-state index in [9.17, 15) is 0 Å². The number of para-hydroxylation sites is 2. The zero-order valence-electron chi connectivity index (χ0n) is 7.07. The number of allylic oxidation sites excluding steroid dienone is 1. The van der Waals surface area contributed by atoms with Gasteiger partial charge in [-0.05, 0) is 18.2 Å². The van der Waals surface area contributed by atoms with Gasteiger partial charge in [-0.15, -0.1) is 0 Å². The molecular formula is C10H10N2O. The van der Waals surface area contributed by atoms with Crippen LogP contribution in [0.3, 0.4) is 0 Å². The Kier molecular flexibility index (Phi) is 2.10. The van der Waals surface area contributed by atoms with Crippen molar-refractivity contribution in [3.63, 3.8) is 0 Å². The van der Waals surface area contributed by atoms with Crippen LogP contribution in [0, 0.1) is 0 Å². The molecule has 1 aliphatic rings. The number of nitrogens with zero attached hydrogens (tertiary/aromatic N) is 1. The Balaban J connectivity index is 2.40. The molecule has 2 N–H and O–H groups in total. The molecule has 3 heteroatoms. The molecule has 1 heterocycles. The molecule has 0 saturated heterocycles. The molecule has 66 valence electrons. The van der Waals surface area contributed by atoms with Crippen molar-refractivity contribution in [1.82, 2.24) is 0 Å². The highest BCUT2D eigenvalue weighted by Gasteiger charge is 2.03. The van der Waals surface area contributed by atoms with E-state index in [-0.39, 0.29) is 6.61 Å². The van der Waals surface area contributed by atoms with Gasteiger partial charge in [-0.25, -0.2) is 0 Å². The van der Waals surface area contributed by atoms with Crippen molar-refractivity contribution in [2.45, 2.75) is 0 Å². The smallest absolute Gasteiger partial charge is 0.0864 e.